The van der Waals surface area contributed by atoms with Gasteiger partial charge in [0, 0.05) is 0 Å². The molecule has 82 valence electrons. The zero-order valence-corrected chi connectivity index (χ0v) is 7.92. The Morgan fingerprint density at radius 3 is 2.67 bits per heavy atom. The van der Waals surface area contributed by atoms with Crippen LogP contribution in [-0.2, 0) is 4.74 Å². The maximum absolute atomic E-state index is 11.2. The molecule has 0 saturated carbocycles. The number of ether oxygens (including phenoxy) is 1. The second-order valence-electron chi connectivity index (χ2n) is 2.54. The number of carbonyl (C=O) groups excluding carboxylic acids is 1. The molecule has 1 amide bonds. The van der Waals surface area contributed by atoms with Crippen molar-refractivity contribution >= 4 is 17.6 Å². The summed E-state index contributed by atoms with van der Waals surface area (Å²) in [5.74, 6) is -0.225. The van der Waals surface area contributed by atoms with Crippen molar-refractivity contribution in [1.82, 2.24) is 9.97 Å². The molecular formula is C7H10N4O4. The van der Waals surface area contributed by atoms with Crippen molar-refractivity contribution in [3.63, 3.8) is 0 Å². The topological polar surface area (TPSA) is 130 Å². The second kappa shape index (κ2) is 4.31. The first-order valence-electron chi connectivity index (χ1n) is 4.10. The van der Waals surface area contributed by atoms with E-state index in [0.29, 0.717) is 0 Å². The highest BCUT2D eigenvalue weighted by Gasteiger charge is 2.10. The van der Waals surface area contributed by atoms with Gasteiger partial charge in [-0.25, -0.2) is 9.59 Å². The minimum Gasteiger partial charge on any atom is -0.450 e. The van der Waals surface area contributed by atoms with Crippen LogP contribution in [0.15, 0.2) is 9.59 Å². The number of carbonyl (C=O) groups is 1. The zero-order chi connectivity index (χ0) is 11.4. The Balaban J connectivity index is 3.00. The van der Waals surface area contributed by atoms with E-state index in [9.17, 15) is 14.4 Å². The lowest BCUT2D eigenvalue weighted by Gasteiger charge is -2.05. The Morgan fingerprint density at radius 1 is 1.47 bits per heavy atom. The van der Waals surface area contributed by atoms with Gasteiger partial charge in [0.2, 0.25) is 0 Å². The number of amides is 1. The molecule has 0 saturated heterocycles. The van der Waals surface area contributed by atoms with Gasteiger partial charge in [-0.15, -0.1) is 0 Å². The molecule has 1 heterocycles. The van der Waals surface area contributed by atoms with Crippen molar-refractivity contribution in [3.05, 3.63) is 20.8 Å². The Bertz CT molecular complexity index is 475. The van der Waals surface area contributed by atoms with Crippen LogP contribution in [0.5, 0.6) is 0 Å². The molecule has 0 aliphatic heterocycles. The fourth-order valence-electron chi connectivity index (χ4n) is 0.897. The number of anilines is 2. The molecule has 1 rings (SSSR count). The first-order chi connectivity index (χ1) is 7.04. The van der Waals surface area contributed by atoms with Crippen LogP contribution in [0.4, 0.5) is 16.3 Å². The van der Waals surface area contributed by atoms with Crippen LogP contribution >= 0.6 is 0 Å². The molecule has 0 radical (unpaired) electrons. The smallest absolute Gasteiger partial charge is 0.411 e. The van der Waals surface area contributed by atoms with Gasteiger partial charge in [0.1, 0.15) is 5.82 Å². The largest absolute Gasteiger partial charge is 0.450 e. The fraction of sp³-hybridized carbons (Fsp3) is 0.286. The maximum Gasteiger partial charge on any atom is 0.411 e. The quantitative estimate of drug-likeness (QED) is 0.512. The fourth-order valence-corrected chi connectivity index (χ4v) is 0.897. The summed E-state index contributed by atoms with van der Waals surface area (Å²) in [7, 11) is 0. The first-order valence-corrected chi connectivity index (χ1v) is 4.10. The summed E-state index contributed by atoms with van der Waals surface area (Å²) in [4.78, 5) is 36.9. The monoisotopic (exact) mass is 214 g/mol. The Morgan fingerprint density at radius 2 is 2.13 bits per heavy atom. The highest BCUT2D eigenvalue weighted by Crippen LogP contribution is 2.05. The van der Waals surface area contributed by atoms with E-state index in [0.717, 1.165) is 0 Å². The molecule has 0 atom stereocenters. The number of hydrogen-bond donors (Lipinski definition) is 4. The summed E-state index contributed by atoms with van der Waals surface area (Å²) in [6, 6.07) is 0. The summed E-state index contributed by atoms with van der Waals surface area (Å²) < 4.78 is 4.54. The third kappa shape index (κ3) is 2.59. The lowest BCUT2D eigenvalue weighted by molar-refractivity contribution is 0.168. The molecule has 1 aromatic heterocycles. The van der Waals surface area contributed by atoms with Gasteiger partial charge in [0.25, 0.3) is 5.56 Å². The molecule has 1 aromatic rings. The van der Waals surface area contributed by atoms with E-state index in [1.54, 1.807) is 6.92 Å². The summed E-state index contributed by atoms with van der Waals surface area (Å²) in [5.41, 5.74) is 3.55. The Kier molecular flexibility index (Phi) is 3.11. The molecule has 15 heavy (non-hydrogen) atoms. The van der Waals surface area contributed by atoms with Crippen LogP contribution in [0, 0.1) is 0 Å². The zero-order valence-electron chi connectivity index (χ0n) is 7.92. The molecular weight excluding hydrogens is 204 g/mol. The van der Waals surface area contributed by atoms with Gasteiger partial charge >= 0.3 is 11.8 Å². The summed E-state index contributed by atoms with van der Waals surface area (Å²) in [6.45, 7) is 1.77. The van der Waals surface area contributed by atoms with E-state index < -0.39 is 17.3 Å². The standard InChI is InChI=1S/C7H10N4O4/c1-2-15-7(14)9-3-4(8)10-6(13)11-5(3)12/h2H2,1H3,(H,9,14)(H4,8,10,11,12,13). The molecule has 0 aliphatic rings. The van der Waals surface area contributed by atoms with Gasteiger partial charge in [0.05, 0.1) is 6.61 Å². The number of nitrogen functional groups attached to an aromatic ring is 1. The van der Waals surface area contributed by atoms with Crippen LogP contribution in [0.2, 0.25) is 0 Å². The third-order valence-corrected chi connectivity index (χ3v) is 1.47. The van der Waals surface area contributed by atoms with E-state index in [4.69, 9.17) is 5.73 Å². The summed E-state index contributed by atoms with van der Waals surface area (Å²) in [6.07, 6.45) is -0.818. The molecule has 8 heteroatoms. The lowest BCUT2D eigenvalue weighted by Crippen LogP contribution is -2.29. The SMILES string of the molecule is CCOC(=O)Nc1c(N)[nH]c(=O)[nH]c1=O. The Labute approximate surface area is 83.5 Å². The number of nitrogens with one attached hydrogen (secondary N) is 3. The molecule has 0 spiro atoms. The van der Waals surface area contributed by atoms with Crippen LogP contribution in [0.1, 0.15) is 6.92 Å². The third-order valence-electron chi connectivity index (χ3n) is 1.47. The van der Waals surface area contributed by atoms with Gasteiger partial charge in [-0.05, 0) is 6.92 Å². The first kappa shape index (κ1) is 10.8. The van der Waals surface area contributed by atoms with E-state index >= 15 is 0 Å². The number of aromatic nitrogens is 2. The van der Waals surface area contributed by atoms with Gasteiger partial charge < -0.3 is 10.5 Å². The molecule has 0 aromatic carbocycles. The average Bonchev–Trinajstić information content (AvgIpc) is 2.11. The lowest BCUT2D eigenvalue weighted by atomic mass is 10.5. The molecule has 0 unspecified atom stereocenters. The highest BCUT2D eigenvalue weighted by atomic mass is 16.5. The predicted molar refractivity (Wildman–Crippen MR) is 52.7 cm³/mol. The van der Waals surface area contributed by atoms with Crippen molar-refractivity contribution in [2.45, 2.75) is 6.92 Å². The maximum atomic E-state index is 11.2. The van der Waals surface area contributed by atoms with E-state index in [-0.39, 0.29) is 18.1 Å². The van der Waals surface area contributed by atoms with Crippen molar-refractivity contribution in [3.8, 4) is 0 Å². The van der Waals surface area contributed by atoms with Crippen LogP contribution < -0.4 is 22.3 Å². The second-order valence-corrected chi connectivity index (χ2v) is 2.54. The minimum atomic E-state index is -0.818. The van der Waals surface area contributed by atoms with Gasteiger partial charge in [-0.1, -0.05) is 0 Å². The van der Waals surface area contributed by atoms with E-state index in [2.05, 4.69) is 15.0 Å². The number of rotatable bonds is 2. The van der Waals surface area contributed by atoms with Crippen LogP contribution in [0.3, 0.4) is 0 Å². The molecule has 8 nitrogen and oxygen atoms in total. The van der Waals surface area contributed by atoms with Crippen LogP contribution in [-0.4, -0.2) is 22.7 Å². The van der Waals surface area contributed by atoms with Crippen LogP contribution in [0.25, 0.3) is 0 Å². The number of hydrogen-bond acceptors (Lipinski definition) is 5. The average molecular weight is 214 g/mol. The van der Waals surface area contributed by atoms with Gasteiger partial charge in [-0.3, -0.25) is 20.1 Å². The van der Waals surface area contributed by atoms with Gasteiger partial charge in [-0.2, -0.15) is 0 Å². The molecule has 5 N–H and O–H groups in total. The normalized spacial score (nSPS) is 9.67. The Hall–Kier alpha value is -2.25. The number of nitrogens with two attached hydrogens (primary N) is 1. The predicted octanol–water partition coefficient (Wildman–Crippen LogP) is -0.786. The van der Waals surface area contributed by atoms with E-state index in [1.807, 2.05) is 4.98 Å². The van der Waals surface area contributed by atoms with Gasteiger partial charge in [0.15, 0.2) is 5.69 Å². The number of H-pyrrole nitrogens is 2. The van der Waals surface area contributed by atoms with E-state index in [1.165, 1.54) is 0 Å². The van der Waals surface area contributed by atoms with Crippen molar-refractivity contribution in [2.75, 3.05) is 17.7 Å². The summed E-state index contributed by atoms with van der Waals surface area (Å²) >= 11 is 0. The molecule has 0 fully saturated rings. The van der Waals surface area contributed by atoms with Crippen molar-refractivity contribution < 1.29 is 9.53 Å². The molecule has 0 aliphatic carbocycles. The van der Waals surface area contributed by atoms with Crippen molar-refractivity contribution in [1.29, 1.82) is 0 Å². The van der Waals surface area contributed by atoms with Crippen molar-refractivity contribution in [2.24, 2.45) is 0 Å². The minimum absolute atomic E-state index is 0.160. The summed E-state index contributed by atoms with van der Waals surface area (Å²) in [5, 5.41) is 2.11. The molecule has 0 bridgehead atoms. The highest BCUT2D eigenvalue weighted by molar-refractivity contribution is 5.87. The number of aromatic amines is 2.